The van der Waals surface area contributed by atoms with E-state index in [4.69, 9.17) is 0 Å². The average molecular weight is 578 g/mol. The minimum Gasteiger partial charge on any atom is -0.309 e. The van der Waals surface area contributed by atoms with E-state index in [2.05, 4.69) is 176 Å². The van der Waals surface area contributed by atoms with Gasteiger partial charge in [-0.05, 0) is 73.7 Å². The molecule has 0 unspecified atom stereocenters. The molecule has 5 aromatic carbocycles. The second kappa shape index (κ2) is 10.8. The van der Waals surface area contributed by atoms with Crippen LogP contribution in [-0.2, 0) is 22.7 Å². The van der Waals surface area contributed by atoms with Crippen LogP contribution in [0, 0.1) is 0 Å². The lowest BCUT2D eigenvalue weighted by Crippen LogP contribution is -2.19. The summed E-state index contributed by atoms with van der Waals surface area (Å²) in [6.45, 7) is 21.1. The monoisotopic (exact) mass is 577 g/mol. The second-order valence-corrected chi connectivity index (χ2v) is 15.6. The predicted octanol–water partition coefficient (Wildman–Crippen LogP) is 11.9. The van der Waals surface area contributed by atoms with Gasteiger partial charge in [-0.15, -0.1) is 0 Å². The number of benzene rings is 5. The summed E-state index contributed by atoms with van der Waals surface area (Å²) in [6.07, 6.45) is 0.890. The molecule has 0 amide bonds. The maximum absolute atomic E-state index is 2.56. The van der Waals surface area contributed by atoms with Gasteiger partial charge in [0.25, 0.3) is 0 Å². The third-order valence-electron chi connectivity index (χ3n) is 9.03. The van der Waals surface area contributed by atoms with Crippen LogP contribution in [0.3, 0.4) is 0 Å². The van der Waals surface area contributed by atoms with Crippen molar-refractivity contribution in [3.63, 3.8) is 0 Å². The first kappa shape index (κ1) is 29.9. The summed E-state index contributed by atoms with van der Waals surface area (Å²) in [7, 11) is 0. The van der Waals surface area contributed by atoms with Crippen LogP contribution in [-0.4, -0.2) is 4.57 Å². The number of para-hydroxylation sites is 2. The second-order valence-electron chi connectivity index (χ2n) is 15.6. The van der Waals surface area contributed by atoms with Crippen molar-refractivity contribution < 1.29 is 0 Å². The molecule has 0 atom stereocenters. The first-order chi connectivity index (χ1) is 20.7. The van der Waals surface area contributed by atoms with Crippen molar-refractivity contribution in [1.82, 2.24) is 4.57 Å². The van der Waals surface area contributed by atoms with Gasteiger partial charge in [-0.25, -0.2) is 0 Å². The van der Waals surface area contributed by atoms with Gasteiger partial charge in [0.1, 0.15) is 0 Å². The molecular weight excluding hydrogens is 530 g/mol. The molecule has 0 fully saturated rings. The van der Waals surface area contributed by atoms with Gasteiger partial charge < -0.3 is 4.57 Å². The van der Waals surface area contributed by atoms with E-state index in [0.29, 0.717) is 0 Å². The van der Waals surface area contributed by atoms with Crippen LogP contribution < -0.4 is 0 Å². The number of hydrogen-bond donors (Lipinski definition) is 0. The van der Waals surface area contributed by atoms with Gasteiger partial charge in [0.15, 0.2) is 0 Å². The quantitative estimate of drug-likeness (QED) is 0.196. The fourth-order valence-electron chi connectivity index (χ4n) is 6.70. The Balaban J connectivity index is 1.71. The van der Waals surface area contributed by atoms with Crippen LogP contribution in [0.1, 0.15) is 90.1 Å². The van der Waals surface area contributed by atoms with E-state index in [1.54, 1.807) is 0 Å². The molecule has 6 rings (SSSR count). The molecule has 1 heteroatoms. The molecule has 0 spiro atoms. The molecule has 44 heavy (non-hydrogen) atoms. The zero-order valence-corrected chi connectivity index (χ0v) is 28.0. The zero-order chi connectivity index (χ0) is 31.4. The van der Waals surface area contributed by atoms with E-state index in [0.717, 1.165) is 6.42 Å². The van der Waals surface area contributed by atoms with E-state index < -0.39 is 0 Å². The molecule has 1 heterocycles. The Morgan fingerprint density at radius 3 is 1.75 bits per heavy atom. The molecular formula is C43H47N. The fraction of sp³-hybridized carbons (Fsp3) is 0.302. The molecule has 0 saturated heterocycles. The van der Waals surface area contributed by atoms with E-state index in [1.807, 2.05) is 0 Å². The van der Waals surface area contributed by atoms with E-state index in [-0.39, 0.29) is 16.2 Å². The predicted molar refractivity (Wildman–Crippen MR) is 192 cm³/mol. The first-order valence-electron chi connectivity index (χ1n) is 16.1. The summed E-state index contributed by atoms with van der Waals surface area (Å²) in [5.74, 6) is 0. The number of nitrogens with zero attached hydrogens (tertiary/aromatic N) is 1. The molecule has 0 bridgehead atoms. The highest BCUT2D eigenvalue weighted by Gasteiger charge is 2.28. The van der Waals surface area contributed by atoms with Crippen molar-refractivity contribution in [2.24, 2.45) is 0 Å². The van der Waals surface area contributed by atoms with Gasteiger partial charge >= 0.3 is 0 Å². The van der Waals surface area contributed by atoms with Crippen molar-refractivity contribution in [3.05, 3.63) is 137 Å². The topological polar surface area (TPSA) is 4.93 Å². The average Bonchev–Trinajstić information content (AvgIpc) is 3.31. The smallest absolute Gasteiger partial charge is 0.0576 e. The van der Waals surface area contributed by atoms with Gasteiger partial charge in [-0.2, -0.15) is 0 Å². The summed E-state index contributed by atoms with van der Waals surface area (Å²) < 4.78 is 2.56. The van der Waals surface area contributed by atoms with Crippen LogP contribution >= 0.6 is 0 Å². The Morgan fingerprint density at radius 2 is 1.11 bits per heavy atom. The molecule has 0 aliphatic rings. The minimum absolute atomic E-state index is 0.0503. The van der Waals surface area contributed by atoms with Crippen molar-refractivity contribution in [3.8, 4) is 16.8 Å². The molecule has 224 valence electrons. The zero-order valence-electron chi connectivity index (χ0n) is 28.0. The lowest BCUT2D eigenvalue weighted by molar-refractivity contribution is 0.568. The molecule has 0 N–H and O–H groups in total. The largest absolute Gasteiger partial charge is 0.309 e. The molecule has 0 radical (unpaired) electrons. The van der Waals surface area contributed by atoms with Gasteiger partial charge in [-0.1, -0.05) is 159 Å². The molecule has 1 nitrogen and oxygen atoms in total. The van der Waals surface area contributed by atoms with Crippen LogP contribution in [0.25, 0.3) is 38.6 Å². The molecule has 6 aromatic rings. The highest BCUT2D eigenvalue weighted by Crippen LogP contribution is 2.43. The maximum Gasteiger partial charge on any atom is 0.0576 e. The lowest BCUT2D eigenvalue weighted by Gasteiger charge is -2.30. The highest BCUT2D eigenvalue weighted by molar-refractivity contribution is 6.10. The van der Waals surface area contributed by atoms with Crippen LogP contribution in [0.2, 0.25) is 0 Å². The Morgan fingerprint density at radius 1 is 0.523 bits per heavy atom. The first-order valence-corrected chi connectivity index (χ1v) is 16.1. The van der Waals surface area contributed by atoms with Gasteiger partial charge in [0.05, 0.1) is 16.7 Å². The van der Waals surface area contributed by atoms with Crippen molar-refractivity contribution >= 4 is 21.8 Å². The summed E-state index contributed by atoms with van der Waals surface area (Å²) >= 11 is 0. The summed E-state index contributed by atoms with van der Waals surface area (Å²) in [6, 6.07) is 40.9. The van der Waals surface area contributed by atoms with E-state index in [1.165, 1.54) is 66.4 Å². The van der Waals surface area contributed by atoms with Crippen molar-refractivity contribution in [2.45, 2.75) is 85.0 Å². The number of aromatic nitrogens is 1. The number of rotatable bonds is 4. The van der Waals surface area contributed by atoms with Crippen LogP contribution in [0.4, 0.5) is 0 Å². The normalized spacial score (nSPS) is 12.8. The SMILES string of the molecule is CC(C)(C)c1cc(-c2cccc(-n3c4ccccc4c4cccc(Cc5ccccc5)c43)c2C(C)(C)C)cc(C(C)(C)C)c1. The third kappa shape index (κ3) is 5.50. The minimum atomic E-state index is -0.0996. The Labute approximate surface area is 264 Å². The third-order valence-corrected chi connectivity index (χ3v) is 9.03. The van der Waals surface area contributed by atoms with E-state index in [9.17, 15) is 0 Å². The van der Waals surface area contributed by atoms with E-state index >= 15 is 0 Å². The standard InChI is InChI=1S/C43H47N/c1-41(2,3)32-26-31(27-33(28-32)42(4,5)6)34-21-16-24-38(39(34)43(7,8)9)44-37-23-14-13-20-35(37)36-22-15-19-30(40(36)44)25-29-17-11-10-12-18-29/h10-24,26-28H,25H2,1-9H3. The van der Waals surface area contributed by atoms with Gasteiger partial charge in [-0.3, -0.25) is 0 Å². The summed E-state index contributed by atoms with van der Waals surface area (Å²) in [4.78, 5) is 0. The van der Waals surface area contributed by atoms with Crippen LogP contribution in [0.15, 0.2) is 109 Å². The van der Waals surface area contributed by atoms with Crippen molar-refractivity contribution in [2.75, 3.05) is 0 Å². The van der Waals surface area contributed by atoms with Gasteiger partial charge in [0, 0.05) is 10.8 Å². The molecule has 0 aliphatic carbocycles. The number of hydrogen-bond acceptors (Lipinski definition) is 0. The highest BCUT2D eigenvalue weighted by atomic mass is 15.0. The summed E-state index contributed by atoms with van der Waals surface area (Å²) in [5.41, 5.74) is 13.3. The summed E-state index contributed by atoms with van der Waals surface area (Å²) in [5, 5.41) is 2.61. The lowest BCUT2D eigenvalue weighted by atomic mass is 9.76. The Bertz CT molecular complexity index is 1930. The molecule has 1 aromatic heterocycles. The Hall–Kier alpha value is -4.10. The molecule has 0 saturated carbocycles. The van der Waals surface area contributed by atoms with Crippen LogP contribution in [0.5, 0.6) is 0 Å². The fourth-order valence-corrected chi connectivity index (χ4v) is 6.70. The Kier molecular flexibility index (Phi) is 7.36. The van der Waals surface area contributed by atoms with Gasteiger partial charge in [0.2, 0.25) is 0 Å². The molecule has 0 aliphatic heterocycles. The maximum atomic E-state index is 2.56. The number of fused-ring (bicyclic) bond motifs is 3. The van der Waals surface area contributed by atoms with Crippen molar-refractivity contribution in [1.29, 1.82) is 0 Å².